The van der Waals surface area contributed by atoms with Gasteiger partial charge in [-0.05, 0) is 25.1 Å². The van der Waals surface area contributed by atoms with E-state index in [2.05, 4.69) is 10.4 Å². The highest BCUT2D eigenvalue weighted by Crippen LogP contribution is 2.23. The summed E-state index contributed by atoms with van der Waals surface area (Å²) in [6, 6.07) is 5.47. The van der Waals surface area contributed by atoms with Crippen LogP contribution in [-0.2, 0) is 6.54 Å². The van der Waals surface area contributed by atoms with Crippen molar-refractivity contribution in [3.05, 3.63) is 41.2 Å². The second-order valence-corrected chi connectivity index (χ2v) is 4.62. The zero-order valence-electron chi connectivity index (χ0n) is 9.85. The number of aryl methyl sites for hydroxylation is 1. The second-order valence-electron chi connectivity index (χ2n) is 3.77. The molecule has 4 nitrogen and oxygen atoms in total. The summed E-state index contributed by atoms with van der Waals surface area (Å²) >= 11 is 11.0. The minimum absolute atomic E-state index is 0.297. The smallest absolute Gasteiger partial charge is 0.105 e. The van der Waals surface area contributed by atoms with Gasteiger partial charge in [0.25, 0.3) is 0 Å². The Morgan fingerprint density at radius 2 is 2.28 bits per heavy atom. The molecule has 0 unspecified atom stereocenters. The standard InChI is InChI=1S/C12H13ClN4S/c1-2-17-7-9(6-15-17)16-8-3-4-10(12(14)18)11(13)5-8/h3-7,16H,2H2,1H3,(H2,14,18). The molecule has 0 radical (unpaired) electrons. The third-order valence-electron chi connectivity index (χ3n) is 2.48. The van der Waals surface area contributed by atoms with Crippen LogP contribution in [0.15, 0.2) is 30.6 Å². The van der Waals surface area contributed by atoms with E-state index in [0.29, 0.717) is 15.6 Å². The Morgan fingerprint density at radius 1 is 1.50 bits per heavy atom. The molecule has 0 aliphatic heterocycles. The fraction of sp³-hybridized carbons (Fsp3) is 0.167. The molecule has 0 atom stereocenters. The number of nitrogens with two attached hydrogens (primary N) is 1. The Labute approximate surface area is 116 Å². The lowest BCUT2D eigenvalue weighted by atomic mass is 10.2. The summed E-state index contributed by atoms with van der Waals surface area (Å²) in [6.07, 6.45) is 3.69. The van der Waals surface area contributed by atoms with Crippen LogP contribution in [0.25, 0.3) is 0 Å². The third-order valence-corrected chi connectivity index (χ3v) is 3.01. The van der Waals surface area contributed by atoms with E-state index in [9.17, 15) is 0 Å². The van der Waals surface area contributed by atoms with Gasteiger partial charge in [0.2, 0.25) is 0 Å². The minimum Gasteiger partial charge on any atom is -0.389 e. The summed E-state index contributed by atoms with van der Waals surface area (Å²) < 4.78 is 1.84. The van der Waals surface area contributed by atoms with Crippen LogP contribution in [0.3, 0.4) is 0 Å². The highest BCUT2D eigenvalue weighted by atomic mass is 35.5. The summed E-state index contributed by atoms with van der Waals surface area (Å²) in [6.45, 7) is 2.87. The number of benzene rings is 1. The lowest BCUT2D eigenvalue weighted by Crippen LogP contribution is -2.09. The first kappa shape index (κ1) is 12.9. The summed E-state index contributed by atoms with van der Waals surface area (Å²) in [5.41, 5.74) is 8.02. The van der Waals surface area contributed by atoms with E-state index in [-0.39, 0.29) is 0 Å². The molecule has 2 aromatic rings. The molecule has 0 aliphatic carbocycles. The van der Waals surface area contributed by atoms with Crippen LogP contribution >= 0.6 is 23.8 Å². The van der Waals surface area contributed by atoms with Crippen molar-refractivity contribution in [3.63, 3.8) is 0 Å². The van der Waals surface area contributed by atoms with Gasteiger partial charge in [-0.2, -0.15) is 5.10 Å². The second kappa shape index (κ2) is 5.37. The molecule has 0 bridgehead atoms. The van der Waals surface area contributed by atoms with E-state index < -0.39 is 0 Å². The molecule has 1 aromatic carbocycles. The van der Waals surface area contributed by atoms with Crippen LogP contribution in [0.2, 0.25) is 5.02 Å². The number of anilines is 2. The van der Waals surface area contributed by atoms with Gasteiger partial charge in [0, 0.05) is 24.0 Å². The number of nitrogens with one attached hydrogen (secondary N) is 1. The van der Waals surface area contributed by atoms with Crippen molar-refractivity contribution in [3.8, 4) is 0 Å². The molecule has 2 rings (SSSR count). The number of thiocarbonyl (C=S) groups is 1. The predicted octanol–water partition coefficient (Wildman–Crippen LogP) is 2.93. The number of rotatable bonds is 4. The van der Waals surface area contributed by atoms with E-state index >= 15 is 0 Å². The Balaban J connectivity index is 2.19. The van der Waals surface area contributed by atoms with Crippen molar-refractivity contribution in [2.45, 2.75) is 13.5 Å². The maximum atomic E-state index is 6.09. The van der Waals surface area contributed by atoms with E-state index in [1.807, 2.05) is 23.9 Å². The van der Waals surface area contributed by atoms with Gasteiger partial charge in [-0.15, -0.1) is 0 Å². The van der Waals surface area contributed by atoms with E-state index in [1.54, 1.807) is 18.3 Å². The minimum atomic E-state index is 0.297. The monoisotopic (exact) mass is 280 g/mol. The third kappa shape index (κ3) is 2.80. The van der Waals surface area contributed by atoms with E-state index in [1.165, 1.54) is 0 Å². The highest BCUT2D eigenvalue weighted by molar-refractivity contribution is 7.80. The Bertz CT molecular complexity index is 579. The maximum Gasteiger partial charge on any atom is 0.105 e. The number of hydrogen-bond donors (Lipinski definition) is 2. The van der Waals surface area contributed by atoms with Crippen molar-refractivity contribution in [2.24, 2.45) is 5.73 Å². The number of halogens is 1. The largest absolute Gasteiger partial charge is 0.389 e. The summed E-state index contributed by atoms with van der Waals surface area (Å²) in [5, 5.41) is 7.93. The van der Waals surface area contributed by atoms with Crippen LogP contribution in [0.5, 0.6) is 0 Å². The first-order valence-corrected chi connectivity index (χ1v) is 6.27. The van der Waals surface area contributed by atoms with Gasteiger partial charge in [0.1, 0.15) is 4.99 Å². The average Bonchev–Trinajstić information content (AvgIpc) is 2.76. The first-order valence-electron chi connectivity index (χ1n) is 5.49. The van der Waals surface area contributed by atoms with Crippen LogP contribution < -0.4 is 11.1 Å². The summed E-state index contributed by atoms with van der Waals surface area (Å²) in [5.74, 6) is 0. The average molecular weight is 281 g/mol. The van der Waals surface area contributed by atoms with Crippen molar-refractivity contribution in [2.75, 3.05) is 5.32 Å². The molecule has 0 fully saturated rings. The summed E-state index contributed by atoms with van der Waals surface area (Å²) in [7, 11) is 0. The van der Waals surface area contributed by atoms with Crippen LogP contribution in [0.1, 0.15) is 12.5 Å². The number of nitrogens with zero attached hydrogens (tertiary/aromatic N) is 2. The van der Waals surface area contributed by atoms with Crippen LogP contribution in [0, 0.1) is 0 Å². The molecule has 0 aliphatic rings. The Hall–Kier alpha value is -1.59. The van der Waals surface area contributed by atoms with Crippen molar-refractivity contribution in [1.29, 1.82) is 0 Å². The van der Waals surface area contributed by atoms with Gasteiger partial charge >= 0.3 is 0 Å². The lowest BCUT2D eigenvalue weighted by Gasteiger charge is -2.07. The van der Waals surface area contributed by atoms with Crippen LogP contribution in [0.4, 0.5) is 11.4 Å². The summed E-state index contributed by atoms with van der Waals surface area (Å²) in [4.78, 5) is 0.297. The van der Waals surface area contributed by atoms with Gasteiger partial charge in [0.15, 0.2) is 0 Å². The van der Waals surface area contributed by atoms with E-state index in [4.69, 9.17) is 29.6 Å². The van der Waals surface area contributed by atoms with Crippen molar-refractivity contribution < 1.29 is 0 Å². The van der Waals surface area contributed by atoms with Gasteiger partial charge in [-0.25, -0.2) is 0 Å². The van der Waals surface area contributed by atoms with Crippen molar-refractivity contribution >= 4 is 40.2 Å². The molecule has 1 heterocycles. The molecule has 18 heavy (non-hydrogen) atoms. The normalized spacial score (nSPS) is 10.3. The first-order chi connectivity index (χ1) is 8.60. The molecule has 0 saturated carbocycles. The molecule has 0 amide bonds. The topological polar surface area (TPSA) is 55.9 Å². The van der Waals surface area contributed by atoms with Gasteiger partial charge in [0.05, 0.1) is 16.9 Å². The van der Waals surface area contributed by atoms with Gasteiger partial charge < -0.3 is 11.1 Å². The van der Waals surface area contributed by atoms with Crippen LogP contribution in [-0.4, -0.2) is 14.8 Å². The van der Waals surface area contributed by atoms with Gasteiger partial charge in [-0.3, -0.25) is 4.68 Å². The van der Waals surface area contributed by atoms with E-state index in [0.717, 1.165) is 17.9 Å². The quantitative estimate of drug-likeness (QED) is 0.846. The molecule has 94 valence electrons. The Morgan fingerprint density at radius 3 is 2.83 bits per heavy atom. The zero-order valence-corrected chi connectivity index (χ0v) is 11.4. The van der Waals surface area contributed by atoms with Crippen molar-refractivity contribution in [1.82, 2.24) is 9.78 Å². The lowest BCUT2D eigenvalue weighted by molar-refractivity contribution is 0.660. The molecular weight excluding hydrogens is 268 g/mol. The molecule has 3 N–H and O–H groups in total. The predicted molar refractivity (Wildman–Crippen MR) is 78.5 cm³/mol. The maximum absolute atomic E-state index is 6.09. The molecule has 6 heteroatoms. The fourth-order valence-corrected chi connectivity index (χ4v) is 2.08. The SMILES string of the molecule is CCn1cc(Nc2ccc(C(N)=S)c(Cl)c2)cn1. The Kier molecular flexibility index (Phi) is 3.84. The van der Waals surface area contributed by atoms with Gasteiger partial charge in [-0.1, -0.05) is 23.8 Å². The highest BCUT2D eigenvalue weighted by Gasteiger charge is 2.05. The molecule has 0 saturated heterocycles. The number of hydrogen-bond acceptors (Lipinski definition) is 3. The zero-order chi connectivity index (χ0) is 13.1. The number of aromatic nitrogens is 2. The molecule has 0 spiro atoms. The fourth-order valence-electron chi connectivity index (χ4n) is 1.56. The molecular formula is C12H13ClN4S. The molecule has 1 aromatic heterocycles.